The standard InChI is InChI=1S/C19H21N5OS2/c25-18(20-10-9-17-23-15-7-3-4-8-16(15)27-17)14-6-2-1-5-13(14)11-26-19-21-12-22-24-19/h1-2,5-6,12H,3-4,7-11H2,(H,20,25)(H,21,22,24). The van der Waals surface area contributed by atoms with Crippen LogP contribution in [0, 0.1) is 0 Å². The predicted molar refractivity (Wildman–Crippen MR) is 107 cm³/mol. The largest absolute Gasteiger partial charge is 0.352 e. The van der Waals surface area contributed by atoms with Gasteiger partial charge in [-0.2, -0.15) is 5.10 Å². The van der Waals surface area contributed by atoms with Crippen molar-refractivity contribution in [3.05, 3.63) is 57.3 Å². The lowest BCUT2D eigenvalue weighted by Crippen LogP contribution is -2.26. The molecule has 3 aromatic rings. The SMILES string of the molecule is O=C(NCCc1nc2c(s1)CCCC2)c1ccccc1CSc1ncn[nH]1. The Morgan fingerprint density at radius 2 is 2.15 bits per heavy atom. The number of hydrogen-bond acceptors (Lipinski definition) is 6. The third kappa shape index (κ3) is 4.56. The zero-order valence-corrected chi connectivity index (χ0v) is 16.5. The monoisotopic (exact) mass is 399 g/mol. The van der Waals surface area contributed by atoms with Gasteiger partial charge in [0.05, 0.1) is 10.7 Å². The number of hydrogen-bond donors (Lipinski definition) is 2. The fourth-order valence-corrected chi connectivity index (χ4v) is 5.11. The summed E-state index contributed by atoms with van der Waals surface area (Å²) in [5, 5.41) is 11.6. The highest BCUT2D eigenvalue weighted by Crippen LogP contribution is 2.26. The first-order valence-corrected chi connectivity index (χ1v) is 10.9. The van der Waals surface area contributed by atoms with Crippen LogP contribution in [0.15, 0.2) is 35.7 Å². The van der Waals surface area contributed by atoms with Gasteiger partial charge in [0.1, 0.15) is 6.33 Å². The van der Waals surface area contributed by atoms with Crippen LogP contribution >= 0.6 is 23.1 Å². The lowest BCUT2D eigenvalue weighted by Gasteiger charge is -2.09. The van der Waals surface area contributed by atoms with Gasteiger partial charge in [-0.05, 0) is 37.3 Å². The van der Waals surface area contributed by atoms with Gasteiger partial charge in [-0.15, -0.1) is 11.3 Å². The molecule has 0 unspecified atom stereocenters. The second kappa shape index (κ2) is 8.67. The van der Waals surface area contributed by atoms with Crippen LogP contribution in [-0.4, -0.2) is 32.6 Å². The Balaban J connectivity index is 1.33. The molecule has 8 heteroatoms. The Bertz CT molecular complexity index is 883. The second-order valence-electron chi connectivity index (χ2n) is 6.43. The molecule has 0 fully saturated rings. The van der Waals surface area contributed by atoms with E-state index in [1.807, 2.05) is 35.6 Å². The minimum Gasteiger partial charge on any atom is -0.352 e. The molecule has 140 valence electrons. The maximum atomic E-state index is 12.6. The van der Waals surface area contributed by atoms with Gasteiger partial charge < -0.3 is 5.32 Å². The van der Waals surface area contributed by atoms with Crippen LogP contribution in [0.25, 0.3) is 0 Å². The lowest BCUT2D eigenvalue weighted by atomic mass is 10.0. The molecule has 1 amide bonds. The highest BCUT2D eigenvalue weighted by Gasteiger charge is 2.16. The Morgan fingerprint density at radius 3 is 3.00 bits per heavy atom. The number of aromatic nitrogens is 4. The summed E-state index contributed by atoms with van der Waals surface area (Å²) in [6, 6.07) is 7.69. The van der Waals surface area contributed by atoms with Crippen LogP contribution in [0.2, 0.25) is 0 Å². The maximum absolute atomic E-state index is 12.6. The van der Waals surface area contributed by atoms with Crippen LogP contribution < -0.4 is 5.32 Å². The molecule has 1 aromatic carbocycles. The number of fused-ring (bicyclic) bond motifs is 1. The first-order valence-electron chi connectivity index (χ1n) is 9.11. The van der Waals surface area contributed by atoms with Crippen molar-refractivity contribution in [1.82, 2.24) is 25.5 Å². The predicted octanol–water partition coefficient (Wildman–Crippen LogP) is 3.40. The number of carbonyl (C=O) groups excluding carboxylic acids is 1. The van der Waals surface area contributed by atoms with Crippen molar-refractivity contribution < 1.29 is 4.79 Å². The van der Waals surface area contributed by atoms with E-state index in [1.165, 1.54) is 41.5 Å². The molecule has 0 saturated heterocycles. The maximum Gasteiger partial charge on any atom is 0.251 e. The number of amides is 1. The zero-order chi connectivity index (χ0) is 18.5. The van der Waals surface area contributed by atoms with Crippen LogP contribution in [0.5, 0.6) is 0 Å². The van der Waals surface area contributed by atoms with Crippen LogP contribution in [0.4, 0.5) is 0 Å². The van der Waals surface area contributed by atoms with Gasteiger partial charge in [-0.25, -0.2) is 9.97 Å². The van der Waals surface area contributed by atoms with Crippen molar-refractivity contribution in [2.75, 3.05) is 6.54 Å². The summed E-state index contributed by atoms with van der Waals surface area (Å²) in [5.74, 6) is 0.628. The number of thiazole rings is 1. The lowest BCUT2D eigenvalue weighted by molar-refractivity contribution is 0.0953. The normalized spacial score (nSPS) is 13.3. The molecule has 4 rings (SSSR count). The van der Waals surface area contributed by atoms with Crippen LogP contribution in [0.1, 0.15) is 44.3 Å². The summed E-state index contributed by atoms with van der Waals surface area (Å²) < 4.78 is 0. The summed E-state index contributed by atoms with van der Waals surface area (Å²) in [4.78, 5) is 22.9. The van der Waals surface area contributed by atoms with Crippen molar-refractivity contribution in [3.8, 4) is 0 Å². The molecule has 2 aromatic heterocycles. The molecule has 0 saturated carbocycles. The van der Waals surface area contributed by atoms with Gasteiger partial charge in [-0.1, -0.05) is 30.0 Å². The van der Waals surface area contributed by atoms with Crippen LogP contribution in [0.3, 0.4) is 0 Å². The summed E-state index contributed by atoms with van der Waals surface area (Å²) >= 11 is 3.34. The van der Waals surface area contributed by atoms with Crippen molar-refractivity contribution in [2.45, 2.75) is 43.0 Å². The smallest absolute Gasteiger partial charge is 0.251 e. The van der Waals surface area contributed by atoms with Gasteiger partial charge in [0.15, 0.2) is 5.16 Å². The number of nitrogens with one attached hydrogen (secondary N) is 2. The van der Waals surface area contributed by atoms with E-state index in [0.717, 1.165) is 35.0 Å². The number of rotatable bonds is 7. The number of H-pyrrole nitrogens is 1. The average Bonchev–Trinajstić information content (AvgIpc) is 3.35. The highest BCUT2D eigenvalue weighted by atomic mass is 32.2. The molecular formula is C19H21N5OS2. The van der Waals surface area contributed by atoms with Crippen LogP contribution in [-0.2, 0) is 25.0 Å². The Hall–Kier alpha value is -2.19. The summed E-state index contributed by atoms with van der Waals surface area (Å²) in [6.07, 6.45) is 7.06. The Morgan fingerprint density at radius 1 is 1.26 bits per heavy atom. The molecule has 27 heavy (non-hydrogen) atoms. The molecule has 2 heterocycles. The van der Waals surface area contributed by atoms with Crippen molar-refractivity contribution in [1.29, 1.82) is 0 Å². The molecule has 0 atom stereocenters. The van der Waals surface area contributed by atoms with E-state index in [1.54, 1.807) is 0 Å². The second-order valence-corrected chi connectivity index (χ2v) is 8.56. The average molecular weight is 400 g/mol. The van der Waals surface area contributed by atoms with E-state index in [0.29, 0.717) is 17.9 Å². The molecule has 0 spiro atoms. The van der Waals surface area contributed by atoms with Crippen molar-refractivity contribution in [3.63, 3.8) is 0 Å². The number of carbonyl (C=O) groups is 1. The molecule has 0 aliphatic heterocycles. The van der Waals surface area contributed by atoms with Gasteiger partial charge in [0.2, 0.25) is 0 Å². The third-order valence-corrected chi connectivity index (χ3v) is 6.68. The highest BCUT2D eigenvalue weighted by molar-refractivity contribution is 7.98. The van der Waals surface area contributed by atoms with Gasteiger partial charge in [0.25, 0.3) is 5.91 Å². The number of benzene rings is 1. The third-order valence-electron chi connectivity index (χ3n) is 4.53. The zero-order valence-electron chi connectivity index (χ0n) is 14.9. The minimum absolute atomic E-state index is 0.0370. The molecule has 1 aliphatic carbocycles. The van der Waals surface area contributed by atoms with Gasteiger partial charge in [-0.3, -0.25) is 9.89 Å². The molecule has 0 bridgehead atoms. The summed E-state index contributed by atoms with van der Waals surface area (Å²) in [7, 11) is 0. The molecule has 1 aliphatic rings. The van der Waals surface area contributed by atoms with Gasteiger partial charge >= 0.3 is 0 Å². The van der Waals surface area contributed by atoms with E-state index < -0.39 is 0 Å². The Kier molecular flexibility index (Phi) is 5.84. The summed E-state index contributed by atoms with van der Waals surface area (Å²) in [5.41, 5.74) is 2.98. The van der Waals surface area contributed by atoms with E-state index in [2.05, 4.69) is 20.5 Å². The quantitative estimate of drug-likeness (QED) is 0.595. The molecule has 6 nitrogen and oxygen atoms in total. The summed E-state index contributed by atoms with van der Waals surface area (Å²) in [6.45, 7) is 0.606. The van der Waals surface area contributed by atoms with Gasteiger partial charge in [0, 0.05) is 29.2 Å². The fourth-order valence-electron chi connectivity index (χ4n) is 3.17. The number of nitrogens with zero attached hydrogens (tertiary/aromatic N) is 3. The first-order chi connectivity index (χ1) is 13.3. The van der Waals surface area contributed by atoms with E-state index >= 15 is 0 Å². The first kappa shape index (κ1) is 18.2. The Labute approximate surface area is 166 Å². The number of thioether (sulfide) groups is 1. The molecule has 0 radical (unpaired) electrons. The van der Waals surface area contributed by atoms with Crippen molar-refractivity contribution >= 4 is 29.0 Å². The van der Waals surface area contributed by atoms with E-state index in [4.69, 9.17) is 4.98 Å². The van der Waals surface area contributed by atoms with E-state index in [-0.39, 0.29) is 5.91 Å². The molecule has 2 N–H and O–H groups in total. The van der Waals surface area contributed by atoms with E-state index in [9.17, 15) is 4.79 Å². The minimum atomic E-state index is -0.0370. The molecular weight excluding hydrogens is 378 g/mol. The van der Waals surface area contributed by atoms with Crippen molar-refractivity contribution in [2.24, 2.45) is 0 Å². The topological polar surface area (TPSA) is 83.6 Å². The number of aromatic amines is 1. The number of aryl methyl sites for hydroxylation is 2. The fraction of sp³-hybridized carbons (Fsp3) is 0.368.